The average Bonchev–Trinajstić information content (AvgIpc) is 2.50. The first kappa shape index (κ1) is 14.1. The number of halogens is 4. The van der Waals surface area contributed by atoms with Crippen molar-refractivity contribution in [1.82, 2.24) is 0 Å². The zero-order valence-electron chi connectivity index (χ0n) is 6.91. The Kier molecular flexibility index (Phi) is 5.25. The van der Waals surface area contributed by atoms with Crippen LogP contribution in [0, 0.1) is 0 Å². The Labute approximate surface area is 95.1 Å². The summed E-state index contributed by atoms with van der Waals surface area (Å²) in [5, 5.41) is 8.37. The van der Waals surface area contributed by atoms with Gasteiger partial charge in [-0.2, -0.15) is 0 Å². The molecule has 7 heteroatoms. The Morgan fingerprint density at radius 2 is 2.14 bits per heavy atom. The summed E-state index contributed by atoms with van der Waals surface area (Å²) >= 11 is 6.54. The van der Waals surface area contributed by atoms with Crippen LogP contribution in [0.1, 0.15) is 10.9 Å². The van der Waals surface area contributed by atoms with E-state index in [1.165, 1.54) is 12.1 Å². The fourth-order valence-electron chi connectivity index (χ4n) is 0.802. The van der Waals surface area contributed by atoms with Crippen LogP contribution in [0.4, 0.5) is 8.78 Å². The van der Waals surface area contributed by atoms with Crippen LogP contribution in [0.5, 0.6) is 0 Å². The SMILES string of the molecule is Cl.N[C@H](c1ccc(Cl)s1)C(F)(F)CO. The van der Waals surface area contributed by atoms with E-state index in [0.717, 1.165) is 11.3 Å². The third kappa shape index (κ3) is 3.03. The second-order valence-corrected chi connectivity index (χ2v) is 4.29. The van der Waals surface area contributed by atoms with Crippen molar-refractivity contribution in [3.8, 4) is 0 Å². The molecule has 2 nitrogen and oxygen atoms in total. The van der Waals surface area contributed by atoms with Crippen molar-refractivity contribution < 1.29 is 13.9 Å². The van der Waals surface area contributed by atoms with E-state index in [9.17, 15) is 8.78 Å². The molecule has 3 N–H and O–H groups in total. The van der Waals surface area contributed by atoms with E-state index in [-0.39, 0.29) is 17.3 Å². The summed E-state index contributed by atoms with van der Waals surface area (Å²) < 4.78 is 26.1. The molecule has 0 radical (unpaired) electrons. The minimum atomic E-state index is -3.30. The molecule has 0 saturated heterocycles. The molecule has 0 unspecified atom stereocenters. The van der Waals surface area contributed by atoms with Crippen molar-refractivity contribution in [2.75, 3.05) is 6.61 Å². The molecule has 1 heterocycles. The van der Waals surface area contributed by atoms with Crippen molar-refractivity contribution in [3.63, 3.8) is 0 Å². The van der Waals surface area contributed by atoms with Gasteiger partial charge in [-0.1, -0.05) is 11.6 Å². The maximum atomic E-state index is 12.8. The summed E-state index contributed by atoms with van der Waals surface area (Å²) in [7, 11) is 0. The average molecular weight is 264 g/mol. The number of hydrogen-bond donors (Lipinski definition) is 2. The Balaban J connectivity index is 0.00000169. The predicted octanol–water partition coefficient (Wildman–Crippen LogP) is 2.45. The van der Waals surface area contributed by atoms with Crippen LogP contribution in [0.25, 0.3) is 0 Å². The second kappa shape index (κ2) is 5.23. The van der Waals surface area contributed by atoms with Crippen LogP contribution < -0.4 is 5.73 Å². The van der Waals surface area contributed by atoms with E-state index in [1.54, 1.807) is 0 Å². The Morgan fingerprint density at radius 1 is 1.57 bits per heavy atom. The van der Waals surface area contributed by atoms with Gasteiger partial charge in [-0.3, -0.25) is 0 Å². The molecule has 0 spiro atoms. The first-order valence-electron chi connectivity index (χ1n) is 3.47. The summed E-state index contributed by atoms with van der Waals surface area (Å²) in [6, 6.07) is 1.44. The maximum absolute atomic E-state index is 12.8. The lowest BCUT2D eigenvalue weighted by Gasteiger charge is -2.19. The highest BCUT2D eigenvalue weighted by Gasteiger charge is 2.38. The maximum Gasteiger partial charge on any atom is 0.290 e. The number of nitrogens with two attached hydrogens (primary N) is 1. The van der Waals surface area contributed by atoms with Gasteiger partial charge < -0.3 is 10.8 Å². The number of aliphatic hydroxyl groups excluding tert-OH is 1. The largest absolute Gasteiger partial charge is 0.390 e. The summed E-state index contributed by atoms with van der Waals surface area (Å²) in [4.78, 5) is 0.268. The Bertz CT molecular complexity index is 295. The summed E-state index contributed by atoms with van der Waals surface area (Å²) in [5.74, 6) is -3.30. The van der Waals surface area contributed by atoms with Crippen LogP contribution in [-0.2, 0) is 0 Å². The quantitative estimate of drug-likeness (QED) is 0.880. The molecular weight excluding hydrogens is 255 g/mol. The molecule has 1 rings (SSSR count). The zero-order chi connectivity index (χ0) is 10.1. The topological polar surface area (TPSA) is 46.2 Å². The Hall–Kier alpha value is 0.0600. The standard InChI is InChI=1S/C7H8ClF2NOS.ClH/c8-5-2-1-4(13-5)6(11)7(9,10)3-12;/h1-2,6,12H,3,11H2;1H/t6-;/m1./s1. The van der Waals surface area contributed by atoms with Crippen LogP contribution in [0.3, 0.4) is 0 Å². The van der Waals surface area contributed by atoms with E-state index < -0.39 is 18.6 Å². The van der Waals surface area contributed by atoms with Crippen molar-refractivity contribution in [2.24, 2.45) is 5.73 Å². The van der Waals surface area contributed by atoms with Gasteiger partial charge in [-0.05, 0) is 12.1 Å². The molecule has 1 aromatic rings. The first-order valence-corrected chi connectivity index (χ1v) is 4.66. The van der Waals surface area contributed by atoms with Gasteiger partial charge in [-0.15, -0.1) is 23.7 Å². The zero-order valence-corrected chi connectivity index (χ0v) is 9.30. The molecule has 0 aliphatic rings. The highest BCUT2D eigenvalue weighted by atomic mass is 35.5. The van der Waals surface area contributed by atoms with E-state index in [4.69, 9.17) is 22.4 Å². The van der Waals surface area contributed by atoms with Crippen molar-refractivity contribution in [3.05, 3.63) is 21.3 Å². The highest BCUT2D eigenvalue weighted by molar-refractivity contribution is 7.16. The molecule has 82 valence electrons. The van der Waals surface area contributed by atoms with Gasteiger partial charge in [0, 0.05) is 4.88 Å². The molecule has 0 aliphatic heterocycles. The molecular formula is C7H9Cl2F2NOS. The van der Waals surface area contributed by atoms with E-state index in [2.05, 4.69) is 0 Å². The van der Waals surface area contributed by atoms with Gasteiger partial charge >= 0.3 is 0 Å². The lowest BCUT2D eigenvalue weighted by atomic mass is 10.1. The van der Waals surface area contributed by atoms with Gasteiger partial charge in [-0.25, -0.2) is 8.78 Å². The van der Waals surface area contributed by atoms with Crippen molar-refractivity contribution in [1.29, 1.82) is 0 Å². The first-order chi connectivity index (χ1) is 5.97. The van der Waals surface area contributed by atoms with Gasteiger partial charge in [0.15, 0.2) is 0 Å². The molecule has 0 fully saturated rings. The van der Waals surface area contributed by atoms with E-state index >= 15 is 0 Å². The molecule has 0 bridgehead atoms. The van der Waals surface area contributed by atoms with E-state index in [0.29, 0.717) is 4.34 Å². The molecule has 14 heavy (non-hydrogen) atoms. The lowest BCUT2D eigenvalue weighted by molar-refractivity contribution is -0.0703. The Morgan fingerprint density at radius 3 is 2.50 bits per heavy atom. The molecule has 0 amide bonds. The number of aliphatic hydroxyl groups is 1. The number of alkyl halides is 2. The van der Waals surface area contributed by atoms with Gasteiger partial charge in [0.05, 0.1) is 4.34 Å². The van der Waals surface area contributed by atoms with Crippen molar-refractivity contribution >= 4 is 35.3 Å². The van der Waals surface area contributed by atoms with Crippen molar-refractivity contribution in [2.45, 2.75) is 12.0 Å². The summed E-state index contributed by atoms with van der Waals surface area (Å²) in [6.45, 7) is -1.26. The van der Waals surface area contributed by atoms with Crippen LogP contribution in [0.2, 0.25) is 4.34 Å². The minimum Gasteiger partial charge on any atom is -0.390 e. The van der Waals surface area contributed by atoms with Gasteiger partial charge in [0.1, 0.15) is 12.6 Å². The minimum absolute atomic E-state index is 0. The van der Waals surface area contributed by atoms with E-state index in [1.807, 2.05) is 0 Å². The van der Waals surface area contributed by atoms with Crippen LogP contribution in [0.15, 0.2) is 12.1 Å². The lowest BCUT2D eigenvalue weighted by Crippen LogP contribution is -2.35. The molecule has 0 aromatic carbocycles. The van der Waals surface area contributed by atoms with Gasteiger partial charge in [0.25, 0.3) is 5.92 Å². The van der Waals surface area contributed by atoms with Crippen LogP contribution in [-0.4, -0.2) is 17.6 Å². The summed E-state index contributed by atoms with van der Waals surface area (Å²) in [6.07, 6.45) is 0. The monoisotopic (exact) mass is 263 g/mol. The fraction of sp³-hybridized carbons (Fsp3) is 0.429. The molecule has 0 aliphatic carbocycles. The molecule has 0 saturated carbocycles. The predicted molar refractivity (Wildman–Crippen MR) is 55.5 cm³/mol. The normalized spacial score (nSPS) is 13.5. The molecule has 1 atom stereocenters. The molecule has 1 aromatic heterocycles. The second-order valence-electron chi connectivity index (χ2n) is 2.54. The number of rotatable bonds is 3. The summed E-state index contributed by atoms with van der Waals surface area (Å²) in [5.41, 5.74) is 5.24. The van der Waals surface area contributed by atoms with Gasteiger partial charge in [0.2, 0.25) is 0 Å². The third-order valence-electron chi connectivity index (χ3n) is 1.57. The smallest absolute Gasteiger partial charge is 0.290 e. The number of thiophene rings is 1. The number of hydrogen-bond acceptors (Lipinski definition) is 3. The fourth-order valence-corrected chi connectivity index (χ4v) is 1.93. The third-order valence-corrected chi connectivity index (χ3v) is 2.88. The van der Waals surface area contributed by atoms with Crippen LogP contribution >= 0.6 is 35.3 Å². The highest BCUT2D eigenvalue weighted by Crippen LogP contribution is 2.34.